The Bertz CT molecular complexity index is 354. The quantitative estimate of drug-likeness (QED) is 0.853. The molecule has 0 radical (unpaired) electrons. The molecule has 0 aliphatic carbocycles. The van der Waals surface area contributed by atoms with Crippen molar-refractivity contribution in [3.8, 4) is 0 Å². The van der Waals surface area contributed by atoms with Gasteiger partial charge in [0.1, 0.15) is 0 Å². The molecule has 0 bridgehead atoms. The summed E-state index contributed by atoms with van der Waals surface area (Å²) in [6.45, 7) is 6.52. The molecule has 1 aliphatic rings. The van der Waals surface area contributed by atoms with E-state index in [1.54, 1.807) is 0 Å². The molecule has 1 N–H and O–H groups in total. The minimum absolute atomic E-state index is 0.527. The van der Waals surface area contributed by atoms with Gasteiger partial charge in [0.2, 0.25) is 0 Å². The lowest BCUT2D eigenvalue weighted by Crippen LogP contribution is -2.55. The molecule has 0 spiro atoms. The third-order valence-electron chi connectivity index (χ3n) is 3.25. The highest BCUT2D eigenvalue weighted by Crippen LogP contribution is 2.28. The van der Waals surface area contributed by atoms with Crippen LogP contribution in [0.5, 0.6) is 0 Å². The van der Waals surface area contributed by atoms with Crippen molar-refractivity contribution in [2.75, 3.05) is 18.0 Å². The van der Waals surface area contributed by atoms with Crippen molar-refractivity contribution in [1.29, 1.82) is 0 Å². The highest BCUT2D eigenvalue weighted by Gasteiger charge is 2.25. The Kier molecular flexibility index (Phi) is 3.72. The van der Waals surface area contributed by atoms with Crippen molar-refractivity contribution >= 4 is 17.3 Å². The maximum Gasteiger partial charge on any atom is 0.0639 e. The van der Waals surface area contributed by atoms with E-state index >= 15 is 0 Å². The highest BCUT2D eigenvalue weighted by atomic mass is 35.5. The maximum atomic E-state index is 6.27. The first kappa shape index (κ1) is 11.7. The van der Waals surface area contributed by atoms with Gasteiger partial charge in [0.25, 0.3) is 0 Å². The van der Waals surface area contributed by atoms with Crippen molar-refractivity contribution < 1.29 is 0 Å². The van der Waals surface area contributed by atoms with E-state index in [4.69, 9.17) is 11.6 Å². The molecule has 1 aliphatic heterocycles. The predicted molar refractivity (Wildman–Crippen MR) is 70.3 cm³/mol. The Morgan fingerprint density at radius 2 is 2.19 bits per heavy atom. The molecule has 3 heteroatoms. The second-order valence-electron chi connectivity index (χ2n) is 4.48. The molecule has 1 heterocycles. The molecule has 0 amide bonds. The SMILES string of the molecule is CCC1CNC(C)CN1c1ccccc1Cl. The predicted octanol–water partition coefficient (Wildman–Crippen LogP) is 2.92. The first-order chi connectivity index (χ1) is 7.72. The molecular weight excluding hydrogens is 220 g/mol. The van der Waals surface area contributed by atoms with E-state index in [0.29, 0.717) is 12.1 Å². The molecule has 2 nitrogen and oxygen atoms in total. The Morgan fingerprint density at radius 3 is 2.88 bits per heavy atom. The highest BCUT2D eigenvalue weighted by molar-refractivity contribution is 6.33. The Hall–Kier alpha value is -0.730. The van der Waals surface area contributed by atoms with Gasteiger partial charge in [-0.05, 0) is 25.5 Å². The van der Waals surface area contributed by atoms with Gasteiger partial charge in [0.05, 0.1) is 10.7 Å². The molecule has 0 aromatic heterocycles. The van der Waals surface area contributed by atoms with Crippen LogP contribution in [0, 0.1) is 0 Å². The molecule has 2 rings (SSSR count). The summed E-state index contributed by atoms with van der Waals surface area (Å²) in [6, 6.07) is 9.20. The number of nitrogens with one attached hydrogen (secondary N) is 1. The van der Waals surface area contributed by atoms with E-state index in [9.17, 15) is 0 Å². The molecule has 1 fully saturated rings. The fraction of sp³-hybridized carbons (Fsp3) is 0.538. The number of hydrogen-bond donors (Lipinski definition) is 1. The second-order valence-corrected chi connectivity index (χ2v) is 4.88. The summed E-state index contributed by atoms with van der Waals surface area (Å²) in [5.74, 6) is 0. The minimum Gasteiger partial charge on any atom is -0.365 e. The fourth-order valence-electron chi connectivity index (χ4n) is 2.30. The number of para-hydroxylation sites is 1. The van der Waals surface area contributed by atoms with Crippen LogP contribution in [-0.2, 0) is 0 Å². The first-order valence-electron chi connectivity index (χ1n) is 5.97. The van der Waals surface area contributed by atoms with Gasteiger partial charge in [-0.2, -0.15) is 0 Å². The summed E-state index contributed by atoms with van der Waals surface area (Å²) in [5, 5.41) is 4.37. The van der Waals surface area contributed by atoms with E-state index in [0.717, 1.165) is 24.5 Å². The summed E-state index contributed by atoms with van der Waals surface area (Å²) in [7, 11) is 0. The van der Waals surface area contributed by atoms with Gasteiger partial charge in [-0.1, -0.05) is 30.7 Å². The van der Waals surface area contributed by atoms with Crippen LogP contribution < -0.4 is 10.2 Å². The summed E-state index contributed by atoms with van der Waals surface area (Å²) < 4.78 is 0. The van der Waals surface area contributed by atoms with Crippen LogP contribution in [0.1, 0.15) is 20.3 Å². The van der Waals surface area contributed by atoms with E-state index in [-0.39, 0.29) is 0 Å². The number of rotatable bonds is 2. The van der Waals surface area contributed by atoms with Crippen molar-refractivity contribution in [2.24, 2.45) is 0 Å². The second kappa shape index (κ2) is 5.07. The number of anilines is 1. The summed E-state index contributed by atoms with van der Waals surface area (Å²) >= 11 is 6.27. The normalized spacial score (nSPS) is 25.8. The Labute approximate surface area is 103 Å². The van der Waals surface area contributed by atoms with Gasteiger partial charge < -0.3 is 10.2 Å². The van der Waals surface area contributed by atoms with Gasteiger partial charge >= 0.3 is 0 Å². The van der Waals surface area contributed by atoms with Crippen LogP contribution in [0.3, 0.4) is 0 Å². The topological polar surface area (TPSA) is 15.3 Å². The van der Waals surface area contributed by atoms with E-state index in [1.165, 1.54) is 5.69 Å². The third-order valence-corrected chi connectivity index (χ3v) is 3.57. The minimum atomic E-state index is 0.527. The van der Waals surface area contributed by atoms with E-state index < -0.39 is 0 Å². The van der Waals surface area contributed by atoms with Gasteiger partial charge in [0, 0.05) is 25.2 Å². The Morgan fingerprint density at radius 1 is 1.44 bits per heavy atom. The number of halogens is 1. The third kappa shape index (κ3) is 2.33. The molecule has 2 unspecified atom stereocenters. The lowest BCUT2D eigenvalue weighted by molar-refractivity contribution is 0.402. The van der Waals surface area contributed by atoms with Crippen LogP contribution in [0.2, 0.25) is 5.02 Å². The molecule has 2 atom stereocenters. The van der Waals surface area contributed by atoms with Crippen LogP contribution >= 0.6 is 11.6 Å². The molecule has 1 saturated heterocycles. The van der Waals surface area contributed by atoms with Crippen molar-refractivity contribution in [2.45, 2.75) is 32.4 Å². The lowest BCUT2D eigenvalue weighted by atomic mass is 10.1. The van der Waals surface area contributed by atoms with Crippen LogP contribution in [0.4, 0.5) is 5.69 Å². The number of piperazine rings is 1. The summed E-state index contributed by atoms with van der Waals surface area (Å²) in [6.07, 6.45) is 1.14. The lowest BCUT2D eigenvalue weighted by Gasteiger charge is -2.41. The van der Waals surface area contributed by atoms with E-state index in [2.05, 4.69) is 36.2 Å². The maximum absolute atomic E-state index is 6.27. The van der Waals surface area contributed by atoms with Gasteiger partial charge in [-0.15, -0.1) is 0 Å². The Balaban J connectivity index is 2.26. The molecule has 0 saturated carbocycles. The average molecular weight is 239 g/mol. The average Bonchev–Trinajstić information content (AvgIpc) is 2.29. The molecule has 1 aromatic carbocycles. The zero-order valence-corrected chi connectivity index (χ0v) is 10.7. The van der Waals surface area contributed by atoms with Crippen molar-refractivity contribution in [3.63, 3.8) is 0 Å². The first-order valence-corrected chi connectivity index (χ1v) is 6.34. The van der Waals surface area contributed by atoms with Crippen molar-refractivity contribution in [1.82, 2.24) is 5.32 Å². The monoisotopic (exact) mass is 238 g/mol. The number of hydrogen-bond acceptors (Lipinski definition) is 2. The molecule has 1 aromatic rings. The summed E-state index contributed by atoms with van der Waals surface area (Å²) in [5.41, 5.74) is 1.17. The number of benzene rings is 1. The van der Waals surface area contributed by atoms with Gasteiger partial charge in [-0.25, -0.2) is 0 Å². The number of nitrogens with zero attached hydrogens (tertiary/aromatic N) is 1. The summed E-state index contributed by atoms with van der Waals surface area (Å²) in [4.78, 5) is 2.43. The zero-order valence-electron chi connectivity index (χ0n) is 9.91. The van der Waals surface area contributed by atoms with Crippen LogP contribution in [0.25, 0.3) is 0 Å². The standard InChI is InChI=1S/C13H19ClN2/c1-3-11-8-15-10(2)9-16(11)13-7-5-4-6-12(13)14/h4-7,10-11,15H,3,8-9H2,1-2H3. The molecule has 88 valence electrons. The largest absolute Gasteiger partial charge is 0.365 e. The molecule has 16 heavy (non-hydrogen) atoms. The van der Waals surface area contributed by atoms with Crippen LogP contribution in [0.15, 0.2) is 24.3 Å². The molecular formula is C13H19ClN2. The van der Waals surface area contributed by atoms with Crippen LogP contribution in [-0.4, -0.2) is 25.2 Å². The van der Waals surface area contributed by atoms with Gasteiger partial charge in [0.15, 0.2) is 0 Å². The van der Waals surface area contributed by atoms with E-state index in [1.807, 2.05) is 12.1 Å². The smallest absolute Gasteiger partial charge is 0.0639 e. The van der Waals surface area contributed by atoms with Gasteiger partial charge in [-0.3, -0.25) is 0 Å². The fourth-order valence-corrected chi connectivity index (χ4v) is 2.54. The zero-order chi connectivity index (χ0) is 11.5. The van der Waals surface area contributed by atoms with Crippen molar-refractivity contribution in [3.05, 3.63) is 29.3 Å².